The molecule has 0 aliphatic rings. The predicted molar refractivity (Wildman–Crippen MR) is 116 cm³/mol. The lowest BCUT2D eigenvalue weighted by atomic mass is 10.0. The number of Topliss-reactive ketones (excluding diaryl/α,β-unsaturated/α-hetero) is 1. The van der Waals surface area contributed by atoms with Gasteiger partial charge < -0.3 is 5.32 Å². The molecule has 1 N–H and O–H groups in total. The molecule has 5 nitrogen and oxygen atoms in total. The van der Waals surface area contributed by atoms with Gasteiger partial charge in [0.1, 0.15) is 16.8 Å². The first-order chi connectivity index (χ1) is 14.0. The molecule has 0 amide bonds. The lowest BCUT2D eigenvalue weighted by molar-refractivity contribution is 0.103. The zero-order valence-electron chi connectivity index (χ0n) is 15.6. The second-order valence-corrected chi connectivity index (χ2v) is 7.54. The first-order valence-electron chi connectivity index (χ1n) is 8.74. The number of rotatable bonds is 7. The Morgan fingerprint density at radius 1 is 1.17 bits per heavy atom. The molecule has 0 aliphatic carbocycles. The van der Waals surface area contributed by atoms with Gasteiger partial charge in [-0.1, -0.05) is 48.0 Å². The van der Waals surface area contributed by atoms with Gasteiger partial charge in [0.05, 0.1) is 0 Å². The van der Waals surface area contributed by atoms with Crippen molar-refractivity contribution in [1.82, 2.24) is 9.97 Å². The van der Waals surface area contributed by atoms with Crippen LogP contribution in [0.1, 0.15) is 21.6 Å². The number of aromatic nitrogens is 2. The van der Waals surface area contributed by atoms with Crippen molar-refractivity contribution in [3.63, 3.8) is 0 Å². The van der Waals surface area contributed by atoms with Crippen LogP contribution in [-0.2, 0) is 5.75 Å². The van der Waals surface area contributed by atoms with Crippen LogP contribution in [-0.4, -0.2) is 15.8 Å². The SMILES string of the molecule is Cc1cc(Cl)nc(N/C=C(/C#N)C(=O)c2cccc(CSc3ccccc3)c2)n1. The average Bonchev–Trinajstić information content (AvgIpc) is 2.73. The van der Waals surface area contributed by atoms with Crippen molar-refractivity contribution in [2.24, 2.45) is 0 Å². The van der Waals surface area contributed by atoms with Crippen molar-refractivity contribution >= 4 is 35.1 Å². The molecule has 3 rings (SSSR count). The summed E-state index contributed by atoms with van der Waals surface area (Å²) >= 11 is 7.59. The Labute approximate surface area is 178 Å². The first kappa shape index (κ1) is 20.6. The second kappa shape index (κ2) is 9.87. The molecule has 0 atom stereocenters. The highest BCUT2D eigenvalue weighted by molar-refractivity contribution is 7.98. The molecule has 1 aromatic heterocycles. The number of nitriles is 1. The van der Waals surface area contributed by atoms with E-state index in [1.807, 2.05) is 54.6 Å². The van der Waals surface area contributed by atoms with Gasteiger partial charge in [-0.2, -0.15) is 5.26 Å². The molecule has 1 heterocycles. The number of halogens is 1. The molecule has 144 valence electrons. The summed E-state index contributed by atoms with van der Waals surface area (Å²) < 4.78 is 0. The van der Waals surface area contributed by atoms with Crippen LogP contribution in [0.5, 0.6) is 0 Å². The molecule has 0 fully saturated rings. The van der Waals surface area contributed by atoms with Crippen molar-refractivity contribution in [1.29, 1.82) is 5.26 Å². The van der Waals surface area contributed by atoms with E-state index in [-0.39, 0.29) is 22.5 Å². The normalized spacial score (nSPS) is 11.0. The smallest absolute Gasteiger partial charge is 0.228 e. The molecular formula is C22H17ClN4OS. The summed E-state index contributed by atoms with van der Waals surface area (Å²) in [4.78, 5) is 22.1. The van der Waals surface area contributed by atoms with E-state index >= 15 is 0 Å². The van der Waals surface area contributed by atoms with Crippen molar-refractivity contribution < 1.29 is 4.79 Å². The topological polar surface area (TPSA) is 78.7 Å². The molecule has 0 radical (unpaired) electrons. The number of ketones is 1. The number of nitrogens with one attached hydrogen (secondary N) is 1. The lowest BCUT2D eigenvalue weighted by Crippen LogP contribution is -2.06. The summed E-state index contributed by atoms with van der Waals surface area (Å²) in [5.74, 6) is 0.582. The number of nitrogens with zero attached hydrogens (tertiary/aromatic N) is 3. The Hall–Kier alpha value is -3.14. The average molecular weight is 421 g/mol. The standard InChI is InChI=1S/C22H17ClN4OS/c1-15-10-20(23)27-22(26-15)25-13-18(12-24)21(28)17-7-5-6-16(11-17)14-29-19-8-3-2-4-9-19/h2-11,13H,14H2,1H3,(H,25,26,27)/b18-13-. The number of hydrogen-bond donors (Lipinski definition) is 1. The zero-order chi connectivity index (χ0) is 20.6. The summed E-state index contributed by atoms with van der Waals surface area (Å²) in [6.45, 7) is 1.78. The first-order valence-corrected chi connectivity index (χ1v) is 10.1. The maximum Gasteiger partial charge on any atom is 0.228 e. The minimum atomic E-state index is -0.370. The number of allylic oxidation sites excluding steroid dienone is 1. The molecule has 2 aromatic carbocycles. The number of carbonyl (C=O) groups excluding carboxylic acids is 1. The zero-order valence-corrected chi connectivity index (χ0v) is 17.2. The Morgan fingerprint density at radius 3 is 2.69 bits per heavy atom. The van der Waals surface area contributed by atoms with Gasteiger partial charge >= 0.3 is 0 Å². The van der Waals surface area contributed by atoms with Crippen LogP contribution in [0.25, 0.3) is 0 Å². The maximum absolute atomic E-state index is 12.8. The van der Waals surface area contributed by atoms with Crippen LogP contribution in [0, 0.1) is 18.3 Å². The summed E-state index contributed by atoms with van der Waals surface area (Å²) in [6, 6.07) is 20.9. The maximum atomic E-state index is 12.8. The van der Waals surface area contributed by atoms with E-state index in [1.54, 1.807) is 30.8 Å². The molecule has 0 aliphatic heterocycles. The van der Waals surface area contributed by atoms with E-state index in [4.69, 9.17) is 11.6 Å². The summed E-state index contributed by atoms with van der Waals surface area (Å²) in [7, 11) is 0. The Kier molecular flexibility index (Phi) is 7.01. The van der Waals surface area contributed by atoms with E-state index in [2.05, 4.69) is 15.3 Å². The van der Waals surface area contributed by atoms with Gasteiger partial charge in [0.25, 0.3) is 0 Å². The van der Waals surface area contributed by atoms with Crippen molar-refractivity contribution in [3.8, 4) is 6.07 Å². The number of thioether (sulfide) groups is 1. The van der Waals surface area contributed by atoms with E-state index in [0.29, 0.717) is 11.3 Å². The van der Waals surface area contributed by atoms with Crippen LogP contribution in [0.2, 0.25) is 5.15 Å². The van der Waals surface area contributed by atoms with Gasteiger partial charge in [0.15, 0.2) is 0 Å². The van der Waals surface area contributed by atoms with E-state index in [1.165, 1.54) is 6.20 Å². The van der Waals surface area contributed by atoms with Crippen LogP contribution in [0.3, 0.4) is 0 Å². The van der Waals surface area contributed by atoms with Gasteiger partial charge in [-0.05, 0) is 36.8 Å². The minimum Gasteiger partial charge on any atom is -0.329 e. The molecule has 0 saturated heterocycles. The van der Waals surface area contributed by atoms with Crippen molar-refractivity contribution in [3.05, 3.63) is 94.4 Å². The third-order valence-corrected chi connectivity index (χ3v) is 5.15. The van der Waals surface area contributed by atoms with Crippen LogP contribution < -0.4 is 5.32 Å². The third-order valence-electron chi connectivity index (χ3n) is 3.87. The number of anilines is 1. The molecule has 7 heteroatoms. The molecule has 0 unspecified atom stereocenters. The van der Waals surface area contributed by atoms with Crippen LogP contribution in [0.4, 0.5) is 5.95 Å². The highest BCUT2D eigenvalue weighted by Crippen LogP contribution is 2.23. The van der Waals surface area contributed by atoms with Gasteiger partial charge in [0.2, 0.25) is 11.7 Å². The summed E-state index contributed by atoms with van der Waals surface area (Å²) in [6.07, 6.45) is 1.30. The lowest BCUT2D eigenvalue weighted by Gasteiger charge is -2.06. The van der Waals surface area contributed by atoms with E-state index in [9.17, 15) is 10.1 Å². The minimum absolute atomic E-state index is 0.0425. The highest BCUT2D eigenvalue weighted by atomic mass is 35.5. The van der Waals surface area contributed by atoms with E-state index in [0.717, 1.165) is 16.2 Å². The Bertz CT molecular complexity index is 1070. The molecule has 29 heavy (non-hydrogen) atoms. The highest BCUT2D eigenvalue weighted by Gasteiger charge is 2.13. The Morgan fingerprint density at radius 2 is 1.97 bits per heavy atom. The number of aryl methyl sites for hydroxylation is 1. The second-order valence-electron chi connectivity index (χ2n) is 6.10. The fourth-order valence-electron chi connectivity index (χ4n) is 2.52. The quantitative estimate of drug-likeness (QED) is 0.180. The van der Waals surface area contributed by atoms with Crippen LogP contribution >= 0.6 is 23.4 Å². The third kappa shape index (κ3) is 5.92. The van der Waals surface area contributed by atoms with Gasteiger partial charge in [0, 0.05) is 28.1 Å². The van der Waals surface area contributed by atoms with Crippen molar-refractivity contribution in [2.75, 3.05) is 5.32 Å². The van der Waals surface area contributed by atoms with E-state index < -0.39 is 0 Å². The largest absolute Gasteiger partial charge is 0.329 e. The summed E-state index contributed by atoms with van der Waals surface area (Å²) in [5, 5.41) is 12.5. The predicted octanol–water partition coefficient (Wildman–Crippen LogP) is 5.43. The Balaban J connectivity index is 1.73. The van der Waals surface area contributed by atoms with Crippen molar-refractivity contribution in [2.45, 2.75) is 17.6 Å². The fourth-order valence-corrected chi connectivity index (χ4v) is 3.62. The molecule has 3 aromatic rings. The fraction of sp³-hybridized carbons (Fsp3) is 0.0909. The van der Waals surface area contributed by atoms with Gasteiger partial charge in [-0.15, -0.1) is 11.8 Å². The molecule has 0 saturated carbocycles. The number of benzene rings is 2. The van der Waals surface area contributed by atoms with Gasteiger partial charge in [-0.3, -0.25) is 4.79 Å². The number of hydrogen-bond acceptors (Lipinski definition) is 6. The number of carbonyl (C=O) groups is 1. The van der Waals surface area contributed by atoms with Gasteiger partial charge in [-0.25, -0.2) is 9.97 Å². The molecular weight excluding hydrogens is 404 g/mol. The monoisotopic (exact) mass is 420 g/mol. The van der Waals surface area contributed by atoms with Crippen LogP contribution in [0.15, 0.2) is 77.3 Å². The molecule has 0 spiro atoms. The molecule has 0 bridgehead atoms. The summed E-state index contributed by atoms with van der Waals surface area (Å²) in [5.41, 5.74) is 2.09.